The normalized spacial score (nSPS) is 26.8. The third kappa shape index (κ3) is 3.23. The van der Waals surface area contributed by atoms with Gasteiger partial charge in [-0.2, -0.15) is 0 Å². The largest absolute Gasteiger partial charge is 0.340 e. The first-order valence-electron chi connectivity index (χ1n) is 7.46. The number of carbonyl (C=O) groups excluding carboxylic acids is 1. The lowest BCUT2D eigenvalue weighted by molar-refractivity contribution is -0.135. The molecule has 2 fully saturated rings. The van der Waals surface area contributed by atoms with E-state index in [1.807, 2.05) is 0 Å². The third-order valence-electron chi connectivity index (χ3n) is 4.56. The molecule has 0 radical (unpaired) electrons. The van der Waals surface area contributed by atoms with Crippen LogP contribution in [-0.2, 0) is 4.79 Å². The van der Waals surface area contributed by atoms with Crippen molar-refractivity contribution in [3.8, 4) is 0 Å². The summed E-state index contributed by atoms with van der Waals surface area (Å²) in [5, 5.41) is 0. The van der Waals surface area contributed by atoms with E-state index < -0.39 is 0 Å². The zero-order valence-corrected chi connectivity index (χ0v) is 11.6. The second-order valence-corrected chi connectivity index (χ2v) is 5.74. The first-order valence-corrected chi connectivity index (χ1v) is 7.46. The number of nitrogens with two attached hydrogens (primary N) is 1. The van der Waals surface area contributed by atoms with Crippen LogP contribution in [0, 0.1) is 5.92 Å². The van der Waals surface area contributed by atoms with E-state index in [2.05, 4.69) is 16.7 Å². The van der Waals surface area contributed by atoms with Crippen LogP contribution in [0.15, 0.2) is 0 Å². The van der Waals surface area contributed by atoms with Gasteiger partial charge in [0, 0.05) is 32.1 Å². The van der Waals surface area contributed by atoms with Gasteiger partial charge >= 0.3 is 0 Å². The Hall–Kier alpha value is -0.610. The van der Waals surface area contributed by atoms with Crippen molar-refractivity contribution in [2.75, 3.05) is 32.7 Å². The van der Waals surface area contributed by atoms with Crippen molar-refractivity contribution in [1.82, 2.24) is 9.80 Å². The Morgan fingerprint density at radius 3 is 2.89 bits per heavy atom. The highest BCUT2D eigenvalue weighted by atomic mass is 16.2. The predicted octanol–water partition coefficient (Wildman–Crippen LogP) is 1.06. The molecule has 2 N–H and O–H groups in total. The number of nitrogens with zero attached hydrogens (tertiary/aromatic N) is 2. The number of fused-ring (bicyclic) bond motifs is 1. The average molecular weight is 253 g/mol. The van der Waals surface area contributed by atoms with Gasteiger partial charge in [-0.25, -0.2) is 0 Å². The molecule has 0 aromatic rings. The van der Waals surface area contributed by atoms with Gasteiger partial charge in [0.2, 0.25) is 5.91 Å². The second kappa shape index (κ2) is 6.53. The van der Waals surface area contributed by atoms with Crippen molar-refractivity contribution >= 4 is 5.91 Å². The molecule has 2 atom stereocenters. The van der Waals surface area contributed by atoms with Crippen molar-refractivity contribution in [1.29, 1.82) is 0 Å². The number of amides is 1. The molecule has 0 aliphatic carbocycles. The van der Waals surface area contributed by atoms with E-state index in [4.69, 9.17) is 5.73 Å². The van der Waals surface area contributed by atoms with Crippen molar-refractivity contribution in [2.24, 2.45) is 11.7 Å². The molecule has 18 heavy (non-hydrogen) atoms. The lowest BCUT2D eigenvalue weighted by Gasteiger charge is -2.44. The van der Waals surface area contributed by atoms with Crippen LogP contribution in [0.5, 0.6) is 0 Å². The molecule has 2 heterocycles. The summed E-state index contributed by atoms with van der Waals surface area (Å²) in [5.41, 5.74) is 5.69. The first-order chi connectivity index (χ1) is 8.74. The average Bonchev–Trinajstić information content (AvgIpc) is 2.44. The number of hydrogen-bond donors (Lipinski definition) is 1. The summed E-state index contributed by atoms with van der Waals surface area (Å²) >= 11 is 0. The zero-order chi connectivity index (χ0) is 13.0. The number of piperazine rings is 1. The zero-order valence-electron chi connectivity index (χ0n) is 11.6. The van der Waals surface area contributed by atoms with Crippen LogP contribution in [-0.4, -0.2) is 54.5 Å². The summed E-state index contributed by atoms with van der Waals surface area (Å²) in [5.74, 6) is 0.680. The van der Waals surface area contributed by atoms with Gasteiger partial charge in [-0.05, 0) is 31.8 Å². The molecule has 4 heteroatoms. The molecule has 104 valence electrons. The highest BCUT2D eigenvalue weighted by Gasteiger charge is 2.31. The Kier molecular flexibility index (Phi) is 5.01. The minimum Gasteiger partial charge on any atom is -0.340 e. The topological polar surface area (TPSA) is 49.6 Å². The molecule has 0 saturated carbocycles. The number of rotatable bonds is 4. The smallest absolute Gasteiger partial charge is 0.222 e. The predicted molar refractivity (Wildman–Crippen MR) is 73.2 cm³/mol. The monoisotopic (exact) mass is 253 g/mol. The molecule has 2 aliphatic heterocycles. The highest BCUT2D eigenvalue weighted by Crippen LogP contribution is 2.22. The fourth-order valence-corrected chi connectivity index (χ4v) is 3.15. The van der Waals surface area contributed by atoms with Crippen molar-refractivity contribution in [2.45, 2.75) is 45.1 Å². The molecule has 2 saturated heterocycles. The van der Waals surface area contributed by atoms with Crippen molar-refractivity contribution in [3.05, 3.63) is 0 Å². The van der Waals surface area contributed by atoms with Gasteiger partial charge in [-0.15, -0.1) is 0 Å². The highest BCUT2D eigenvalue weighted by molar-refractivity contribution is 5.76. The summed E-state index contributed by atoms with van der Waals surface area (Å²) in [7, 11) is 0. The van der Waals surface area contributed by atoms with Gasteiger partial charge in [0.1, 0.15) is 0 Å². The molecular formula is C14H27N3O. The quantitative estimate of drug-likeness (QED) is 0.815. The minimum absolute atomic E-state index is 0.317. The van der Waals surface area contributed by atoms with Crippen LogP contribution in [0.25, 0.3) is 0 Å². The fraction of sp³-hybridized carbons (Fsp3) is 0.929. The van der Waals surface area contributed by atoms with E-state index in [0.29, 0.717) is 30.8 Å². The molecule has 2 aliphatic rings. The standard InChI is InChI=1S/C14H27N3O/c1-2-12(10-15)9-14(18)17-8-7-16-6-4-3-5-13(16)11-17/h12-13H,2-11,15H2,1H3. The number of piperidine rings is 1. The maximum absolute atomic E-state index is 12.3. The lowest BCUT2D eigenvalue weighted by atomic mass is 9.98. The van der Waals surface area contributed by atoms with E-state index >= 15 is 0 Å². The molecule has 0 bridgehead atoms. The Bertz CT molecular complexity index is 278. The molecule has 0 spiro atoms. The molecule has 0 aromatic heterocycles. The Balaban J connectivity index is 1.84. The van der Waals surface area contributed by atoms with Crippen LogP contribution < -0.4 is 5.73 Å². The summed E-state index contributed by atoms with van der Waals surface area (Å²) in [4.78, 5) is 16.9. The molecule has 2 rings (SSSR count). The maximum atomic E-state index is 12.3. The van der Waals surface area contributed by atoms with Crippen LogP contribution in [0.3, 0.4) is 0 Å². The van der Waals surface area contributed by atoms with Crippen LogP contribution >= 0.6 is 0 Å². The third-order valence-corrected chi connectivity index (χ3v) is 4.56. The summed E-state index contributed by atoms with van der Waals surface area (Å²) in [6.45, 7) is 6.90. The Labute approximate surface area is 110 Å². The van der Waals surface area contributed by atoms with E-state index in [1.54, 1.807) is 0 Å². The molecule has 4 nitrogen and oxygen atoms in total. The fourth-order valence-electron chi connectivity index (χ4n) is 3.15. The number of hydrogen-bond acceptors (Lipinski definition) is 3. The van der Waals surface area contributed by atoms with Gasteiger partial charge in [-0.1, -0.05) is 19.8 Å². The summed E-state index contributed by atoms with van der Waals surface area (Å²) < 4.78 is 0. The summed E-state index contributed by atoms with van der Waals surface area (Å²) in [6.07, 6.45) is 5.56. The molecule has 1 amide bonds. The maximum Gasteiger partial charge on any atom is 0.222 e. The van der Waals surface area contributed by atoms with Gasteiger partial charge in [0.05, 0.1) is 0 Å². The van der Waals surface area contributed by atoms with Gasteiger partial charge in [0.15, 0.2) is 0 Å². The van der Waals surface area contributed by atoms with Crippen LogP contribution in [0.1, 0.15) is 39.0 Å². The van der Waals surface area contributed by atoms with E-state index in [1.165, 1.54) is 25.8 Å². The van der Waals surface area contributed by atoms with Crippen LogP contribution in [0.4, 0.5) is 0 Å². The first kappa shape index (κ1) is 13.8. The van der Waals surface area contributed by atoms with Gasteiger partial charge < -0.3 is 10.6 Å². The van der Waals surface area contributed by atoms with Crippen molar-refractivity contribution < 1.29 is 4.79 Å². The van der Waals surface area contributed by atoms with Gasteiger partial charge in [0.25, 0.3) is 0 Å². The Morgan fingerprint density at radius 2 is 2.17 bits per heavy atom. The number of carbonyl (C=O) groups is 1. The van der Waals surface area contributed by atoms with E-state index in [0.717, 1.165) is 26.1 Å². The van der Waals surface area contributed by atoms with Gasteiger partial charge in [-0.3, -0.25) is 9.69 Å². The molecule has 0 aromatic carbocycles. The van der Waals surface area contributed by atoms with Crippen LogP contribution in [0.2, 0.25) is 0 Å². The van der Waals surface area contributed by atoms with E-state index in [-0.39, 0.29) is 0 Å². The summed E-state index contributed by atoms with van der Waals surface area (Å²) in [6, 6.07) is 0.620. The van der Waals surface area contributed by atoms with Crippen molar-refractivity contribution in [3.63, 3.8) is 0 Å². The molecule has 2 unspecified atom stereocenters. The Morgan fingerprint density at radius 1 is 1.33 bits per heavy atom. The van der Waals surface area contributed by atoms with E-state index in [9.17, 15) is 4.79 Å². The second-order valence-electron chi connectivity index (χ2n) is 5.74. The SMILES string of the molecule is CCC(CN)CC(=O)N1CCN2CCCCC2C1. The molecular weight excluding hydrogens is 226 g/mol. The lowest BCUT2D eigenvalue weighted by Crippen LogP contribution is -2.56. The minimum atomic E-state index is 0.317.